The molecule has 2 aromatic heterocycles. The smallest absolute Gasteiger partial charge is 0.257 e. The molecule has 1 saturated heterocycles. The number of nitrogens with one attached hydrogen (secondary N) is 1. The van der Waals surface area contributed by atoms with E-state index in [4.69, 9.17) is 17.3 Å². The van der Waals surface area contributed by atoms with Gasteiger partial charge in [-0.15, -0.1) is 0 Å². The number of rotatable bonds is 5. The van der Waals surface area contributed by atoms with Crippen LogP contribution in [0.1, 0.15) is 42.1 Å². The second kappa shape index (κ2) is 9.18. The number of nitrogens with zero attached hydrogens (tertiary/aromatic N) is 4. The first kappa shape index (κ1) is 22.1. The molecule has 0 saturated carbocycles. The van der Waals surface area contributed by atoms with Gasteiger partial charge in [-0.1, -0.05) is 25.4 Å². The van der Waals surface area contributed by atoms with Crippen molar-refractivity contribution in [3.05, 3.63) is 64.8 Å². The zero-order chi connectivity index (χ0) is 22.8. The maximum atomic E-state index is 14.4. The van der Waals surface area contributed by atoms with Gasteiger partial charge < -0.3 is 16.0 Å². The Morgan fingerprint density at radius 2 is 2.12 bits per heavy atom. The van der Waals surface area contributed by atoms with Crippen molar-refractivity contribution in [3.8, 4) is 11.4 Å². The summed E-state index contributed by atoms with van der Waals surface area (Å²) in [5.41, 5.74) is 7.98. The molecule has 7 nitrogen and oxygen atoms in total. The summed E-state index contributed by atoms with van der Waals surface area (Å²) < 4.78 is 14.4. The van der Waals surface area contributed by atoms with Crippen LogP contribution in [-0.2, 0) is 0 Å². The van der Waals surface area contributed by atoms with Crippen molar-refractivity contribution < 1.29 is 9.18 Å². The van der Waals surface area contributed by atoms with Crippen LogP contribution in [-0.4, -0.2) is 44.9 Å². The molecule has 0 aliphatic carbocycles. The van der Waals surface area contributed by atoms with E-state index >= 15 is 0 Å². The van der Waals surface area contributed by atoms with Crippen molar-refractivity contribution in [3.63, 3.8) is 0 Å². The zero-order valence-corrected chi connectivity index (χ0v) is 18.6. The first-order valence-electron chi connectivity index (χ1n) is 10.4. The summed E-state index contributed by atoms with van der Waals surface area (Å²) in [5, 5.41) is 3.64. The Morgan fingerprint density at radius 3 is 2.84 bits per heavy atom. The lowest BCUT2D eigenvalue weighted by Gasteiger charge is -2.20. The van der Waals surface area contributed by atoms with E-state index in [0.29, 0.717) is 35.2 Å². The first-order valence-corrected chi connectivity index (χ1v) is 10.8. The highest BCUT2D eigenvalue weighted by atomic mass is 35.5. The van der Waals surface area contributed by atoms with E-state index in [-0.39, 0.29) is 29.3 Å². The third-order valence-corrected chi connectivity index (χ3v) is 5.66. The third-order valence-electron chi connectivity index (χ3n) is 5.42. The zero-order valence-electron chi connectivity index (χ0n) is 17.8. The number of anilines is 2. The molecular weight excluding hydrogens is 431 g/mol. The van der Waals surface area contributed by atoms with Gasteiger partial charge in [0, 0.05) is 48.3 Å². The molecule has 1 fully saturated rings. The molecule has 1 aromatic carbocycles. The maximum absolute atomic E-state index is 14.4. The summed E-state index contributed by atoms with van der Waals surface area (Å²) in [6.45, 7) is 5.13. The van der Waals surface area contributed by atoms with E-state index in [9.17, 15) is 9.18 Å². The lowest BCUT2D eigenvalue weighted by Crippen LogP contribution is -2.32. The first-order chi connectivity index (χ1) is 15.3. The Bertz CT molecular complexity index is 1160. The Morgan fingerprint density at radius 1 is 1.31 bits per heavy atom. The topological polar surface area (TPSA) is 97.0 Å². The highest BCUT2D eigenvalue weighted by Gasteiger charge is 2.26. The van der Waals surface area contributed by atoms with Crippen LogP contribution in [0, 0.1) is 5.82 Å². The average Bonchev–Trinajstić information content (AvgIpc) is 3.21. The van der Waals surface area contributed by atoms with Crippen molar-refractivity contribution in [2.24, 2.45) is 5.73 Å². The quantitative estimate of drug-likeness (QED) is 0.594. The largest absolute Gasteiger partial charge is 0.339 e. The number of benzene rings is 1. The van der Waals surface area contributed by atoms with E-state index in [0.717, 1.165) is 12.0 Å². The van der Waals surface area contributed by atoms with Gasteiger partial charge in [0.05, 0.1) is 16.8 Å². The minimum Gasteiger partial charge on any atom is -0.339 e. The molecule has 0 bridgehead atoms. The highest BCUT2D eigenvalue weighted by Crippen LogP contribution is 2.31. The van der Waals surface area contributed by atoms with E-state index in [2.05, 4.69) is 20.3 Å². The van der Waals surface area contributed by atoms with Gasteiger partial charge in [0.25, 0.3) is 5.91 Å². The van der Waals surface area contributed by atoms with E-state index in [1.165, 1.54) is 24.4 Å². The van der Waals surface area contributed by atoms with Crippen LogP contribution in [0.3, 0.4) is 0 Å². The number of likely N-dealkylation sites (tertiary alicyclic amines) is 1. The third kappa shape index (κ3) is 4.56. The molecule has 1 atom stereocenters. The number of amides is 1. The minimum atomic E-state index is -0.470. The van der Waals surface area contributed by atoms with Gasteiger partial charge in [-0.05, 0) is 36.6 Å². The summed E-state index contributed by atoms with van der Waals surface area (Å²) in [6.07, 6.45) is 5.56. The Balaban J connectivity index is 1.73. The summed E-state index contributed by atoms with van der Waals surface area (Å²) >= 11 is 6.05. The van der Waals surface area contributed by atoms with Gasteiger partial charge in [0.1, 0.15) is 11.6 Å². The molecule has 3 heterocycles. The number of hydrogen-bond acceptors (Lipinski definition) is 6. The summed E-state index contributed by atoms with van der Waals surface area (Å²) in [5.74, 6) is 0.165. The molecule has 9 heteroatoms. The summed E-state index contributed by atoms with van der Waals surface area (Å²) in [4.78, 5) is 27.9. The molecule has 0 radical (unpaired) electrons. The molecule has 1 unspecified atom stereocenters. The number of carbonyl (C=O) groups excluding carboxylic acids is 1. The average molecular weight is 455 g/mol. The molecule has 3 aromatic rings. The molecule has 32 heavy (non-hydrogen) atoms. The number of pyridine rings is 1. The molecule has 1 aliphatic heterocycles. The van der Waals surface area contributed by atoms with Crippen LogP contribution in [0.4, 0.5) is 15.9 Å². The van der Waals surface area contributed by atoms with Crippen LogP contribution in [0.5, 0.6) is 0 Å². The van der Waals surface area contributed by atoms with E-state index in [1.54, 1.807) is 23.4 Å². The Labute approximate surface area is 190 Å². The fraction of sp³-hybridized carbons (Fsp3) is 0.304. The van der Waals surface area contributed by atoms with Gasteiger partial charge in [-0.2, -0.15) is 0 Å². The second-order valence-corrected chi connectivity index (χ2v) is 8.56. The number of halogens is 2. The molecule has 1 amide bonds. The predicted molar refractivity (Wildman–Crippen MR) is 123 cm³/mol. The Kier molecular flexibility index (Phi) is 6.34. The van der Waals surface area contributed by atoms with E-state index < -0.39 is 5.82 Å². The predicted octanol–water partition coefficient (Wildman–Crippen LogP) is 4.37. The van der Waals surface area contributed by atoms with Crippen LogP contribution in [0.2, 0.25) is 5.02 Å². The molecular formula is C23H24ClFN6O. The molecule has 4 rings (SSSR count). The number of nitrogens with two attached hydrogens (primary N) is 1. The van der Waals surface area contributed by atoms with E-state index in [1.807, 2.05) is 13.8 Å². The molecule has 3 N–H and O–H groups in total. The molecule has 0 spiro atoms. The normalized spacial score (nSPS) is 15.9. The number of hydrogen-bond donors (Lipinski definition) is 2. The molecule has 1 aliphatic rings. The monoisotopic (exact) mass is 454 g/mol. The van der Waals surface area contributed by atoms with Crippen molar-refractivity contribution in [2.45, 2.75) is 32.2 Å². The lowest BCUT2D eigenvalue weighted by molar-refractivity contribution is 0.0791. The highest BCUT2D eigenvalue weighted by molar-refractivity contribution is 6.30. The SMILES string of the molecule is CC(C)c1cnc(-c2cc(Cl)ccc2F)nc1Nc1ccncc1C(=O)N1CCC(N)C1. The van der Waals surface area contributed by atoms with Gasteiger partial charge in [0.15, 0.2) is 5.82 Å². The van der Waals surface area contributed by atoms with Gasteiger partial charge >= 0.3 is 0 Å². The van der Waals surface area contributed by atoms with Crippen LogP contribution in [0.15, 0.2) is 42.9 Å². The Hall–Kier alpha value is -3.10. The fourth-order valence-electron chi connectivity index (χ4n) is 3.66. The van der Waals surface area contributed by atoms with Crippen molar-refractivity contribution in [1.29, 1.82) is 0 Å². The summed E-state index contributed by atoms with van der Waals surface area (Å²) in [7, 11) is 0. The van der Waals surface area contributed by atoms with Crippen LogP contribution >= 0.6 is 11.6 Å². The van der Waals surface area contributed by atoms with Gasteiger partial charge in [0.2, 0.25) is 0 Å². The second-order valence-electron chi connectivity index (χ2n) is 8.12. The summed E-state index contributed by atoms with van der Waals surface area (Å²) in [6, 6.07) is 5.95. The van der Waals surface area contributed by atoms with Crippen LogP contribution < -0.4 is 11.1 Å². The molecule has 166 valence electrons. The number of carbonyl (C=O) groups is 1. The maximum Gasteiger partial charge on any atom is 0.257 e. The minimum absolute atomic E-state index is 0.0170. The van der Waals surface area contributed by atoms with Crippen molar-refractivity contribution in [1.82, 2.24) is 19.9 Å². The van der Waals surface area contributed by atoms with Gasteiger partial charge in [-0.25, -0.2) is 14.4 Å². The van der Waals surface area contributed by atoms with Gasteiger partial charge in [-0.3, -0.25) is 9.78 Å². The van der Waals surface area contributed by atoms with Crippen LogP contribution in [0.25, 0.3) is 11.4 Å². The standard InChI is InChI=1S/C23H24ClFN6O/c1-13(2)17-11-28-21(16-9-14(24)3-4-19(16)25)30-22(17)29-20-5-7-27-10-18(20)23(32)31-8-6-15(26)12-31/h3-5,7,9-11,13,15H,6,8,12,26H2,1-2H3,(H,27,28,29,30). The number of aromatic nitrogens is 3. The van der Waals surface area contributed by atoms with Crippen molar-refractivity contribution in [2.75, 3.05) is 18.4 Å². The lowest BCUT2D eigenvalue weighted by atomic mass is 10.1. The fourth-order valence-corrected chi connectivity index (χ4v) is 3.83. The van der Waals surface area contributed by atoms with Crippen molar-refractivity contribution >= 4 is 29.0 Å².